The van der Waals surface area contributed by atoms with Crippen LogP contribution in [0.2, 0.25) is 0 Å². The first-order chi connectivity index (χ1) is 17.7. The van der Waals surface area contributed by atoms with E-state index in [9.17, 15) is 39.6 Å². The van der Waals surface area contributed by atoms with Crippen LogP contribution in [0, 0.1) is 0 Å². The molecule has 0 aliphatic heterocycles. The molecule has 1 amide bonds. The standard InChI is InChI=1S/C24H20F6N2O5S/c1-2-36-19-8-6-17(7-9-19)31-22(33)15-32(18-5-3-4-16(14-18)23(25,26)27)38(34,35)21-12-10-20(11-13-21)37-24(28,29)30/h3-14H,2,15H2,1H3,(H,31,33). The van der Waals surface area contributed by atoms with Crippen LogP contribution < -0.4 is 19.1 Å². The molecule has 0 bridgehead atoms. The molecule has 204 valence electrons. The lowest BCUT2D eigenvalue weighted by atomic mass is 10.2. The molecule has 0 radical (unpaired) electrons. The highest BCUT2D eigenvalue weighted by molar-refractivity contribution is 7.92. The zero-order valence-corrected chi connectivity index (χ0v) is 20.3. The largest absolute Gasteiger partial charge is 0.573 e. The number of anilines is 2. The van der Waals surface area contributed by atoms with Crippen molar-refractivity contribution in [1.29, 1.82) is 0 Å². The highest BCUT2D eigenvalue weighted by Crippen LogP contribution is 2.34. The molecule has 38 heavy (non-hydrogen) atoms. The number of alkyl halides is 6. The Kier molecular flexibility index (Phi) is 8.44. The number of amides is 1. The number of ether oxygens (including phenoxy) is 2. The van der Waals surface area contributed by atoms with Crippen molar-refractivity contribution < 1.29 is 49.0 Å². The molecule has 0 heterocycles. The molecule has 14 heteroatoms. The lowest BCUT2D eigenvalue weighted by Crippen LogP contribution is -2.38. The highest BCUT2D eigenvalue weighted by Gasteiger charge is 2.34. The van der Waals surface area contributed by atoms with Crippen molar-refractivity contribution in [3.05, 3.63) is 78.4 Å². The van der Waals surface area contributed by atoms with E-state index in [2.05, 4.69) is 10.1 Å². The predicted octanol–water partition coefficient (Wildman–Crippen LogP) is 5.84. The summed E-state index contributed by atoms with van der Waals surface area (Å²) in [5, 5.41) is 2.45. The second-order valence-electron chi connectivity index (χ2n) is 7.58. The van der Waals surface area contributed by atoms with Crippen molar-refractivity contribution in [2.75, 3.05) is 22.8 Å². The van der Waals surface area contributed by atoms with Crippen molar-refractivity contribution in [2.45, 2.75) is 24.4 Å². The summed E-state index contributed by atoms with van der Waals surface area (Å²) in [6, 6.07) is 12.3. The summed E-state index contributed by atoms with van der Waals surface area (Å²) in [6.45, 7) is 1.23. The smallest absolute Gasteiger partial charge is 0.494 e. The Labute approximate surface area is 213 Å². The molecule has 0 aromatic heterocycles. The molecule has 3 rings (SSSR count). The summed E-state index contributed by atoms with van der Waals surface area (Å²) in [5.74, 6) is -1.10. The number of nitrogens with zero attached hydrogens (tertiary/aromatic N) is 1. The van der Waals surface area contributed by atoms with Crippen LogP contribution in [0.15, 0.2) is 77.7 Å². The Morgan fingerprint density at radius 3 is 2.05 bits per heavy atom. The first-order valence-electron chi connectivity index (χ1n) is 10.8. The SMILES string of the molecule is CCOc1ccc(NC(=O)CN(c2cccc(C(F)(F)F)c2)S(=O)(=O)c2ccc(OC(F)(F)F)cc2)cc1. The second kappa shape index (κ2) is 11.2. The second-order valence-corrected chi connectivity index (χ2v) is 9.45. The zero-order chi connectivity index (χ0) is 28.1. The van der Waals surface area contributed by atoms with Gasteiger partial charge in [-0.1, -0.05) is 6.07 Å². The summed E-state index contributed by atoms with van der Waals surface area (Å²) in [4.78, 5) is 12.2. The van der Waals surface area contributed by atoms with Gasteiger partial charge in [0, 0.05) is 5.69 Å². The lowest BCUT2D eigenvalue weighted by Gasteiger charge is -2.25. The van der Waals surface area contributed by atoms with Gasteiger partial charge in [-0.25, -0.2) is 8.42 Å². The van der Waals surface area contributed by atoms with Gasteiger partial charge in [0.25, 0.3) is 10.0 Å². The van der Waals surface area contributed by atoms with Gasteiger partial charge in [0.2, 0.25) is 5.91 Å². The maximum Gasteiger partial charge on any atom is 0.573 e. The lowest BCUT2D eigenvalue weighted by molar-refractivity contribution is -0.274. The molecule has 0 aliphatic rings. The number of nitrogens with one attached hydrogen (secondary N) is 1. The van der Waals surface area contributed by atoms with Gasteiger partial charge >= 0.3 is 12.5 Å². The Morgan fingerprint density at radius 2 is 1.50 bits per heavy atom. The van der Waals surface area contributed by atoms with E-state index in [1.807, 2.05) is 0 Å². The highest BCUT2D eigenvalue weighted by atomic mass is 32.2. The molecule has 1 N–H and O–H groups in total. The molecule has 0 aliphatic carbocycles. The average molecular weight is 562 g/mol. The van der Waals surface area contributed by atoms with Crippen LogP contribution in [0.5, 0.6) is 11.5 Å². The fourth-order valence-corrected chi connectivity index (χ4v) is 4.64. The van der Waals surface area contributed by atoms with Crippen LogP contribution in [0.1, 0.15) is 12.5 Å². The van der Waals surface area contributed by atoms with E-state index in [-0.39, 0.29) is 5.69 Å². The molecule has 0 saturated carbocycles. The molecule has 0 spiro atoms. The van der Waals surface area contributed by atoms with Crippen molar-refractivity contribution in [1.82, 2.24) is 0 Å². The molecule has 0 unspecified atom stereocenters. The van der Waals surface area contributed by atoms with Gasteiger partial charge in [0.1, 0.15) is 18.0 Å². The Bertz CT molecular complexity index is 1360. The van der Waals surface area contributed by atoms with E-state index in [0.29, 0.717) is 22.7 Å². The van der Waals surface area contributed by atoms with Crippen LogP contribution >= 0.6 is 0 Å². The van der Waals surface area contributed by atoms with Crippen molar-refractivity contribution in [3.8, 4) is 11.5 Å². The third-order valence-electron chi connectivity index (χ3n) is 4.84. The minimum Gasteiger partial charge on any atom is -0.494 e. The number of benzene rings is 3. The van der Waals surface area contributed by atoms with Crippen molar-refractivity contribution in [2.24, 2.45) is 0 Å². The molecule has 3 aromatic rings. The normalized spacial score (nSPS) is 12.1. The number of carbonyl (C=O) groups excluding carboxylic acids is 1. The third-order valence-corrected chi connectivity index (χ3v) is 6.63. The molecule has 0 fully saturated rings. The first-order valence-corrected chi connectivity index (χ1v) is 12.2. The topological polar surface area (TPSA) is 84.9 Å². The molecular formula is C24H20F6N2O5S. The van der Waals surface area contributed by atoms with Crippen LogP contribution in [0.4, 0.5) is 37.7 Å². The Morgan fingerprint density at radius 1 is 0.895 bits per heavy atom. The predicted molar refractivity (Wildman–Crippen MR) is 125 cm³/mol. The summed E-state index contributed by atoms with van der Waals surface area (Å²) >= 11 is 0. The Hall–Kier alpha value is -3.94. The van der Waals surface area contributed by atoms with Crippen molar-refractivity contribution >= 4 is 27.3 Å². The van der Waals surface area contributed by atoms with E-state index < -0.39 is 56.9 Å². The van der Waals surface area contributed by atoms with Crippen LogP contribution in [-0.4, -0.2) is 33.8 Å². The maximum absolute atomic E-state index is 13.4. The fourth-order valence-electron chi connectivity index (χ4n) is 3.23. The minimum absolute atomic E-state index is 0.258. The van der Waals surface area contributed by atoms with E-state index in [1.165, 1.54) is 12.1 Å². The zero-order valence-electron chi connectivity index (χ0n) is 19.5. The molecule has 3 aromatic carbocycles. The Balaban J connectivity index is 1.95. The van der Waals surface area contributed by atoms with Gasteiger partial charge in [-0.15, -0.1) is 13.2 Å². The molecule has 0 saturated heterocycles. The average Bonchev–Trinajstić information content (AvgIpc) is 2.83. The van der Waals surface area contributed by atoms with Crippen LogP contribution in [0.3, 0.4) is 0 Å². The van der Waals surface area contributed by atoms with E-state index in [0.717, 1.165) is 42.5 Å². The van der Waals surface area contributed by atoms with Gasteiger partial charge in [0.05, 0.1) is 22.8 Å². The number of hydrogen-bond acceptors (Lipinski definition) is 5. The summed E-state index contributed by atoms with van der Waals surface area (Å²) in [5.41, 5.74) is -1.40. The van der Waals surface area contributed by atoms with E-state index >= 15 is 0 Å². The van der Waals surface area contributed by atoms with Crippen LogP contribution in [-0.2, 0) is 21.0 Å². The summed E-state index contributed by atoms with van der Waals surface area (Å²) in [6.07, 6.45) is -9.84. The molecule has 0 atom stereocenters. The van der Waals surface area contributed by atoms with E-state index in [1.54, 1.807) is 19.1 Å². The number of hydrogen-bond donors (Lipinski definition) is 1. The van der Waals surface area contributed by atoms with Gasteiger partial charge in [-0.05, 0) is 73.7 Å². The summed E-state index contributed by atoms with van der Waals surface area (Å²) in [7, 11) is -4.73. The number of halogens is 6. The monoisotopic (exact) mass is 562 g/mol. The van der Waals surface area contributed by atoms with E-state index in [4.69, 9.17) is 4.74 Å². The minimum atomic E-state index is -5.02. The van der Waals surface area contributed by atoms with Crippen molar-refractivity contribution in [3.63, 3.8) is 0 Å². The van der Waals surface area contributed by atoms with Gasteiger partial charge in [-0.3, -0.25) is 9.10 Å². The summed E-state index contributed by atoms with van der Waals surface area (Å²) < 4.78 is 113. The fraction of sp³-hybridized carbons (Fsp3) is 0.208. The number of rotatable bonds is 9. The first kappa shape index (κ1) is 28.6. The number of sulfonamides is 1. The maximum atomic E-state index is 13.4. The quantitative estimate of drug-likeness (QED) is 0.332. The number of carbonyl (C=O) groups is 1. The molecular weight excluding hydrogens is 542 g/mol. The molecule has 7 nitrogen and oxygen atoms in total. The third kappa shape index (κ3) is 7.54. The van der Waals surface area contributed by atoms with Gasteiger partial charge in [0.15, 0.2) is 0 Å². The van der Waals surface area contributed by atoms with Gasteiger partial charge < -0.3 is 14.8 Å². The van der Waals surface area contributed by atoms with Crippen LogP contribution in [0.25, 0.3) is 0 Å². The van der Waals surface area contributed by atoms with Gasteiger partial charge in [-0.2, -0.15) is 13.2 Å².